The number of anilines is 2. The summed E-state index contributed by atoms with van der Waals surface area (Å²) in [7, 11) is -3.80. The molecule has 0 N–H and O–H groups in total. The summed E-state index contributed by atoms with van der Waals surface area (Å²) in [5.74, 6) is 0.454. The first-order chi connectivity index (χ1) is 19.3. The number of nitrogens with zero attached hydrogens (tertiary/aromatic N) is 4. The van der Waals surface area contributed by atoms with Crippen molar-refractivity contribution in [3.63, 3.8) is 0 Å². The lowest BCUT2D eigenvalue weighted by molar-refractivity contribution is 0.0983. The number of rotatable bonds is 13. The maximum absolute atomic E-state index is 13.9. The minimum atomic E-state index is -3.80. The quantitative estimate of drug-likeness (QED) is 0.196. The van der Waals surface area contributed by atoms with Gasteiger partial charge in [0.25, 0.3) is 15.9 Å². The van der Waals surface area contributed by atoms with Gasteiger partial charge in [0, 0.05) is 25.2 Å². The van der Waals surface area contributed by atoms with Crippen LogP contribution in [0.3, 0.4) is 0 Å². The van der Waals surface area contributed by atoms with Gasteiger partial charge in [-0.05, 0) is 75.5 Å². The number of fused-ring (bicyclic) bond motifs is 1. The Morgan fingerprint density at radius 3 is 2.17 bits per heavy atom. The van der Waals surface area contributed by atoms with Crippen LogP contribution in [0.1, 0.15) is 38.1 Å². The van der Waals surface area contributed by atoms with Gasteiger partial charge in [0.2, 0.25) is 0 Å². The van der Waals surface area contributed by atoms with Crippen LogP contribution in [0.15, 0.2) is 77.7 Å². The van der Waals surface area contributed by atoms with Crippen LogP contribution in [-0.2, 0) is 10.0 Å². The number of hydrogen-bond donors (Lipinski definition) is 0. The Balaban J connectivity index is 1.66. The number of benzene rings is 3. The molecule has 0 bridgehead atoms. The number of thiazole rings is 1. The summed E-state index contributed by atoms with van der Waals surface area (Å²) in [6, 6.07) is 20.9. The van der Waals surface area contributed by atoms with E-state index >= 15 is 0 Å². The van der Waals surface area contributed by atoms with Gasteiger partial charge in [0.1, 0.15) is 11.3 Å². The highest BCUT2D eigenvalue weighted by Crippen LogP contribution is 2.35. The number of sulfonamides is 1. The van der Waals surface area contributed by atoms with Crippen LogP contribution in [0.5, 0.6) is 5.75 Å². The van der Waals surface area contributed by atoms with E-state index in [-0.39, 0.29) is 17.3 Å². The first-order valence-electron chi connectivity index (χ1n) is 13.6. The molecule has 0 saturated carbocycles. The van der Waals surface area contributed by atoms with E-state index in [4.69, 9.17) is 9.72 Å². The zero-order valence-electron chi connectivity index (χ0n) is 23.4. The van der Waals surface area contributed by atoms with Crippen molar-refractivity contribution in [2.45, 2.75) is 32.6 Å². The highest BCUT2D eigenvalue weighted by Gasteiger charge is 2.26. The van der Waals surface area contributed by atoms with Crippen molar-refractivity contribution in [1.82, 2.24) is 9.88 Å². The molecule has 3 aromatic carbocycles. The third-order valence-electron chi connectivity index (χ3n) is 6.70. The number of amides is 1. The normalized spacial score (nSPS) is 11.6. The maximum Gasteiger partial charge on any atom is 0.264 e. The molecule has 212 valence electrons. The summed E-state index contributed by atoms with van der Waals surface area (Å²) in [4.78, 5) is 22.8. The molecule has 4 rings (SSSR count). The molecule has 0 unspecified atom stereocenters. The van der Waals surface area contributed by atoms with E-state index in [0.717, 1.165) is 23.3 Å². The second-order valence-electron chi connectivity index (χ2n) is 9.05. The van der Waals surface area contributed by atoms with Crippen LogP contribution < -0.4 is 13.9 Å². The second-order valence-corrected chi connectivity index (χ2v) is 11.9. The van der Waals surface area contributed by atoms with Gasteiger partial charge in [-0.25, -0.2) is 13.4 Å². The molecular formula is C30H36N4O4S2. The molecule has 0 atom stereocenters. The van der Waals surface area contributed by atoms with E-state index in [0.29, 0.717) is 41.8 Å². The average molecular weight is 581 g/mol. The van der Waals surface area contributed by atoms with E-state index in [2.05, 4.69) is 18.7 Å². The Bertz CT molecular complexity index is 1520. The number of para-hydroxylation sites is 2. The Hall–Kier alpha value is -3.47. The first-order valence-corrected chi connectivity index (χ1v) is 15.8. The minimum Gasteiger partial charge on any atom is -0.492 e. The van der Waals surface area contributed by atoms with Crippen LogP contribution in [-0.4, -0.2) is 63.5 Å². The molecule has 1 heterocycles. The van der Waals surface area contributed by atoms with Crippen LogP contribution in [0.4, 0.5) is 10.8 Å². The lowest BCUT2D eigenvalue weighted by Crippen LogP contribution is -2.39. The number of carbonyl (C=O) groups is 1. The zero-order chi connectivity index (χ0) is 28.7. The topological polar surface area (TPSA) is 83.0 Å². The molecule has 40 heavy (non-hydrogen) atoms. The summed E-state index contributed by atoms with van der Waals surface area (Å²) >= 11 is 1.44. The van der Waals surface area contributed by atoms with Crippen LogP contribution in [0.2, 0.25) is 0 Å². The molecule has 0 spiro atoms. The molecule has 0 fully saturated rings. The summed E-state index contributed by atoms with van der Waals surface area (Å²) in [6.07, 6.45) is 0. The highest BCUT2D eigenvalue weighted by molar-refractivity contribution is 7.92. The van der Waals surface area contributed by atoms with Crippen molar-refractivity contribution in [3.8, 4) is 5.75 Å². The molecule has 1 amide bonds. The highest BCUT2D eigenvalue weighted by atomic mass is 32.2. The third kappa shape index (κ3) is 6.29. The molecule has 0 aliphatic rings. The predicted molar refractivity (Wildman–Crippen MR) is 163 cm³/mol. The zero-order valence-corrected chi connectivity index (χ0v) is 25.0. The van der Waals surface area contributed by atoms with E-state index in [9.17, 15) is 13.2 Å². The Morgan fingerprint density at radius 1 is 0.850 bits per heavy atom. The maximum atomic E-state index is 13.9. The molecule has 10 heteroatoms. The smallest absolute Gasteiger partial charge is 0.264 e. The average Bonchev–Trinajstić information content (AvgIpc) is 3.41. The number of aromatic nitrogens is 1. The number of likely N-dealkylation sites (N-methyl/N-ethyl adjacent to an activating group) is 1. The summed E-state index contributed by atoms with van der Waals surface area (Å²) in [5, 5.41) is 0.581. The van der Waals surface area contributed by atoms with E-state index < -0.39 is 10.0 Å². The van der Waals surface area contributed by atoms with Crippen molar-refractivity contribution in [2.75, 3.05) is 48.5 Å². The fraction of sp³-hybridized carbons (Fsp3) is 0.333. The van der Waals surface area contributed by atoms with E-state index in [1.54, 1.807) is 48.2 Å². The lowest BCUT2D eigenvalue weighted by atomic mass is 10.2. The van der Waals surface area contributed by atoms with Gasteiger partial charge in [-0.3, -0.25) is 14.0 Å². The standard InChI is InChI=1S/C30H36N4O4S2/c1-5-32(6-2)21-22-33(30-31-28-26(38-8-4)15-12-16-27(28)39-30)29(35)23-17-19-25(20-18-23)40(36,37)34(7-3)24-13-10-9-11-14-24/h9-20H,5-8,21-22H2,1-4H3. The van der Waals surface area contributed by atoms with Gasteiger partial charge in [0.05, 0.1) is 21.9 Å². The fourth-order valence-electron chi connectivity index (χ4n) is 4.50. The van der Waals surface area contributed by atoms with Crippen molar-refractivity contribution >= 4 is 48.3 Å². The molecule has 0 aliphatic heterocycles. The molecular weight excluding hydrogens is 544 g/mol. The van der Waals surface area contributed by atoms with Gasteiger partial charge in [0.15, 0.2) is 5.13 Å². The van der Waals surface area contributed by atoms with Gasteiger partial charge in [-0.15, -0.1) is 0 Å². The van der Waals surface area contributed by atoms with Crippen LogP contribution in [0.25, 0.3) is 10.2 Å². The van der Waals surface area contributed by atoms with Gasteiger partial charge in [-0.1, -0.05) is 49.4 Å². The van der Waals surface area contributed by atoms with Crippen molar-refractivity contribution < 1.29 is 17.9 Å². The number of carbonyl (C=O) groups excluding carboxylic acids is 1. The van der Waals surface area contributed by atoms with Gasteiger partial charge >= 0.3 is 0 Å². The summed E-state index contributed by atoms with van der Waals surface area (Å²) in [6.45, 7) is 11.6. The van der Waals surface area contributed by atoms with E-state index in [1.807, 2.05) is 31.2 Å². The Morgan fingerprint density at radius 2 is 1.55 bits per heavy atom. The molecule has 8 nitrogen and oxygen atoms in total. The number of ether oxygens (including phenoxy) is 1. The largest absolute Gasteiger partial charge is 0.492 e. The van der Waals surface area contributed by atoms with Crippen molar-refractivity contribution in [3.05, 3.63) is 78.4 Å². The summed E-state index contributed by atoms with van der Waals surface area (Å²) in [5.41, 5.74) is 1.72. The minimum absolute atomic E-state index is 0.130. The number of hydrogen-bond acceptors (Lipinski definition) is 7. The molecule has 1 aromatic heterocycles. The molecule has 0 radical (unpaired) electrons. The molecule has 0 saturated heterocycles. The Kier molecular flexibility index (Phi) is 9.78. The van der Waals surface area contributed by atoms with Crippen molar-refractivity contribution in [2.24, 2.45) is 0 Å². The fourth-order valence-corrected chi connectivity index (χ4v) is 6.98. The first kappa shape index (κ1) is 29.5. The predicted octanol–water partition coefficient (Wildman–Crippen LogP) is 5.90. The van der Waals surface area contributed by atoms with Crippen molar-refractivity contribution in [1.29, 1.82) is 0 Å². The second kappa shape index (κ2) is 13.3. The van der Waals surface area contributed by atoms with Gasteiger partial charge < -0.3 is 9.64 Å². The lowest BCUT2D eigenvalue weighted by Gasteiger charge is -2.25. The monoisotopic (exact) mass is 580 g/mol. The van der Waals surface area contributed by atoms with Crippen LogP contribution in [0, 0.1) is 0 Å². The third-order valence-corrected chi connectivity index (χ3v) is 9.66. The van der Waals surface area contributed by atoms with E-state index in [1.165, 1.54) is 27.8 Å². The molecule has 4 aromatic rings. The van der Waals surface area contributed by atoms with Crippen LogP contribution >= 0.6 is 11.3 Å². The summed E-state index contributed by atoms with van der Waals surface area (Å²) < 4.78 is 34.9. The Labute approximate surface area is 240 Å². The van der Waals surface area contributed by atoms with Gasteiger partial charge in [-0.2, -0.15) is 0 Å². The SMILES string of the molecule is CCOc1cccc2sc(N(CCN(CC)CC)C(=O)c3ccc(S(=O)(=O)N(CC)c4ccccc4)cc3)nc12. The molecule has 0 aliphatic carbocycles.